The summed E-state index contributed by atoms with van der Waals surface area (Å²) in [4.78, 5) is 39.7. The van der Waals surface area contributed by atoms with Gasteiger partial charge in [0.1, 0.15) is 35.4 Å². The van der Waals surface area contributed by atoms with E-state index in [4.69, 9.17) is 22.3 Å². The molecule has 1 atom stereocenters. The van der Waals surface area contributed by atoms with Gasteiger partial charge < -0.3 is 27.0 Å². The number of halogens is 1. The summed E-state index contributed by atoms with van der Waals surface area (Å²) in [6.07, 6.45) is 5.99. The molecule has 1 aliphatic carbocycles. The first-order valence-corrected chi connectivity index (χ1v) is 13.4. The summed E-state index contributed by atoms with van der Waals surface area (Å²) in [5, 5.41) is 22.0. The number of anilines is 4. The van der Waals surface area contributed by atoms with Gasteiger partial charge in [0.15, 0.2) is 0 Å². The molecule has 2 aromatic heterocycles. The van der Waals surface area contributed by atoms with Crippen molar-refractivity contribution in [1.82, 2.24) is 24.8 Å². The van der Waals surface area contributed by atoms with E-state index in [0.29, 0.717) is 41.3 Å². The van der Waals surface area contributed by atoms with Gasteiger partial charge in [-0.25, -0.2) is 19.7 Å². The molecule has 12 nitrogen and oxygen atoms in total. The molecule has 0 aliphatic heterocycles. The zero-order valence-corrected chi connectivity index (χ0v) is 23.5. The van der Waals surface area contributed by atoms with Gasteiger partial charge in [0.2, 0.25) is 0 Å². The SMILES string of the molecule is CNc1ccccc1NC(=O)NC1=CC(n2c([C@H](C)Nc3ncnc(N)c3C#N)nc3cccc(Cl)c3c2=O)=CCC1. The third kappa shape index (κ3) is 5.59. The Bertz CT molecular complexity index is 1860. The lowest BCUT2D eigenvalue weighted by molar-refractivity contribution is 0.254. The van der Waals surface area contributed by atoms with Crippen molar-refractivity contribution in [2.45, 2.75) is 25.8 Å². The molecule has 0 fully saturated rings. The number of para-hydroxylation sites is 2. The molecule has 0 saturated heterocycles. The van der Waals surface area contributed by atoms with Crippen LogP contribution in [0.5, 0.6) is 0 Å². The fourth-order valence-corrected chi connectivity index (χ4v) is 4.93. The number of aromatic nitrogens is 4. The normalized spacial score (nSPS) is 13.4. The number of allylic oxidation sites excluding steroid dienone is 4. The minimum absolute atomic E-state index is 0.0297. The third-order valence-electron chi connectivity index (χ3n) is 6.67. The van der Waals surface area contributed by atoms with Crippen LogP contribution in [-0.4, -0.2) is 32.6 Å². The first-order chi connectivity index (χ1) is 20.3. The standard InChI is InChI=1S/C29H27ClN10O2/c1-16(36-26-19(14-31)25(32)34-15-35-26)27-38-23-12-6-9-20(30)24(23)28(41)40(27)18-8-5-7-17(13-18)37-29(42)39-22-11-4-3-10-21(22)33-2/h3-4,6,8-13,15-16,33H,5,7H2,1-2H3,(H2,37,39,42)(H3,32,34,35,36)/t16-/m0/s1. The molecule has 0 radical (unpaired) electrons. The molecule has 13 heteroatoms. The minimum atomic E-state index is -0.614. The number of nitrogens with zero attached hydrogens (tertiary/aromatic N) is 5. The molecule has 4 aromatic rings. The largest absolute Gasteiger partial charge is 0.386 e. The quantitative estimate of drug-likeness (QED) is 0.204. The zero-order chi connectivity index (χ0) is 29.8. The van der Waals surface area contributed by atoms with Gasteiger partial charge in [0.05, 0.1) is 33.3 Å². The van der Waals surface area contributed by atoms with Crippen LogP contribution in [0.1, 0.15) is 37.2 Å². The smallest absolute Gasteiger partial charge is 0.323 e. The van der Waals surface area contributed by atoms with Crippen LogP contribution in [0.15, 0.2) is 71.4 Å². The number of nitrogen functional groups attached to an aromatic ring is 1. The molecule has 5 rings (SSSR count). The van der Waals surface area contributed by atoms with E-state index in [1.165, 1.54) is 10.9 Å². The predicted molar refractivity (Wildman–Crippen MR) is 164 cm³/mol. The topological polar surface area (TPSA) is 176 Å². The van der Waals surface area contributed by atoms with Crippen LogP contribution in [0.2, 0.25) is 5.02 Å². The summed E-state index contributed by atoms with van der Waals surface area (Å²) in [5.74, 6) is 0.577. The fraction of sp³-hybridized carbons (Fsp3) is 0.172. The van der Waals surface area contributed by atoms with Gasteiger partial charge in [-0.3, -0.25) is 9.36 Å². The summed E-state index contributed by atoms with van der Waals surface area (Å²) in [6, 6.07) is 13.4. The van der Waals surface area contributed by atoms with E-state index in [1.54, 1.807) is 44.3 Å². The van der Waals surface area contributed by atoms with Crippen LogP contribution >= 0.6 is 11.6 Å². The van der Waals surface area contributed by atoms with Crippen molar-refractivity contribution in [3.8, 4) is 6.07 Å². The second-order valence-electron chi connectivity index (χ2n) is 9.42. The van der Waals surface area contributed by atoms with Crippen molar-refractivity contribution in [2.24, 2.45) is 0 Å². The fourth-order valence-electron chi connectivity index (χ4n) is 4.68. The highest BCUT2D eigenvalue weighted by molar-refractivity contribution is 6.35. The number of carbonyl (C=O) groups is 1. The molecule has 2 aromatic carbocycles. The van der Waals surface area contributed by atoms with Crippen molar-refractivity contribution in [3.63, 3.8) is 0 Å². The van der Waals surface area contributed by atoms with Gasteiger partial charge in [-0.05, 0) is 50.1 Å². The number of fused-ring (bicyclic) bond motifs is 1. The molecule has 0 bridgehead atoms. The second kappa shape index (κ2) is 12.0. The van der Waals surface area contributed by atoms with Gasteiger partial charge in [-0.2, -0.15) is 5.26 Å². The van der Waals surface area contributed by atoms with Gasteiger partial charge in [-0.15, -0.1) is 0 Å². The van der Waals surface area contributed by atoms with Crippen molar-refractivity contribution < 1.29 is 4.79 Å². The van der Waals surface area contributed by atoms with E-state index in [-0.39, 0.29) is 33.2 Å². The van der Waals surface area contributed by atoms with E-state index in [0.717, 1.165) is 5.69 Å². The van der Waals surface area contributed by atoms with Gasteiger partial charge >= 0.3 is 6.03 Å². The van der Waals surface area contributed by atoms with Gasteiger partial charge in [0.25, 0.3) is 5.56 Å². The van der Waals surface area contributed by atoms with E-state index in [9.17, 15) is 14.9 Å². The number of rotatable bonds is 7. The molecule has 2 amide bonds. The van der Waals surface area contributed by atoms with Crippen LogP contribution in [0.25, 0.3) is 16.6 Å². The van der Waals surface area contributed by atoms with E-state index >= 15 is 0 Å². The maximum Gasteiger partial charge on any atom is 0.323 e. The molecule has 0 saturated carbocycles. The Balaban J connectivity index is 1.53. The van der Waals surface area contributed by atoms with Crippen molar-refractivity contribution >= 4 is 57.2 Å². The molecule has 1 aliphatic rings. The highest BCUT2D eigenvalue weighted by atomic mass is 35.5. The molecule has 42 heavy (non-hydrogen) atoms. The predicted octanol–water partition coefficient (Wildman–Crippen LogP) is 4.85. The van der Waals surface area contributed by atoms with E-state index in [2.05, 4.69) is 31.2 Å². The summed E-state index contributed by atoms with van der Waals surface area (Å²) in [7, 11) is 1.77. The number of urea groups is 1. The number of amides is 2. The van der Waals surface area contributed by atoms with Crippen LogP contribution in [0, 0.1) is 11.3 Å². The Morgan fingerprint density at radius 3 is 2.69 bits per heavy atom. The number of carbonyl (C=O) groups excluding carboxylic acids is 1. The Labute approximate surface area is 246 Å². The van der Waals surface area contributed by atoms with Crippen molar-refractivity contribution in [3.05, 3.63) is 93.4 Å². The summed E-state index contributed by atoms with van der Waals surface area (Å²) in [6.45, 7) is 1.78. The first kappa shape index (κ1) is 28.1. The monoisotopic (exact) mass is 582 g/mol. The number of nitrogens with two attached hydrogens (primary N) is 1. The van der Waals surface area contributed by atoms with E-state index in [1.807, 2.05) is 30.3 Å². The van der Waals surface area contributed by atoms with Crippen molar-refractivity contribution in [1.29, 1.82) is 5.26 Å². The van der Waals surface area contributed by atoms with Crippen LogP contribution in [-0.2, 0) is 0 Å². The number of benzene rings is 2. The second-order valence-corrected chi connectivity index (χ2v) is 9.82. The minimum Gasteiger partial charge on any atom is -0.386 e. The van der Waals surface area contributed by atoms with Crippen LogP contribution < -0.4 is 32.6 Å². The highest BCUT2D eigenvalue weighted by Gasteiger charge is 2.23. The molecular weight excluding hydrogens is 556 g/mol. The number of nitrogens with one attached hydrogen (secondary N) is 4. The Morgan fingerprint density at radius 1 is 1.14 bits per heavy atom. The molecule has 212 valence electrons. The molecule has 0 spiro atoms. The summed E-state index contributed by atoms with van der Waals surface area (Å²) in [5.41, 5.74) is 8.50. The molecule has 0 unspecified atom stereocenters. The molecule has 6 N–H and O–H groups in total. The molecular formula is C29H27ClN10O2. The van der Waals surface area contributed by atoms with Crippen LogP contribution in [0.3, 0.4) is 0 Å². The van der Waals surface area contributed by atoms with E-state index < -0.39 is 12.1 Å². The molecule has 2 heterocycles. The van der Waals surface area contributed by atoms with Crippen molar-refractivity contribution in [2.75, 3.05) is 28.7 Å². The number of hydrogen-bond acceptors (Lipinski definition) is 9. The van der Waals surface area contributed by atoms with Gasteiger partial charge in [-0.1, -0.05) is 35.9 Å². The lowest BCUT2D eigenvalue weighted by Gasteiger charge is -2.23. The Kier molecular flexibility index (Phi) is 8.03. The maximum absolute atomic E-state index is 14.0. The number of hydrogen-bond donors (Lipinski definition) is 5. The third-order valence-corrected chi connectivity index (χ3v) is 6.98. The van der Waals surface area contributed by atoms with Crippen LogP contribution in [0.4, 0.5) is 27.8 Å². The Morgan fingerprint density at radius 2 is 1.93 bits per heavy atom. The average Bonchev–Trinajstić information content (AvgIpc) is 2.97. The first-order valence-electron chi connectivity index (χ1n) is 13.0. The lowest BCUT2D eigenvalue weighted by Crippen LogP contribution is -2.31. The number of nitriles is 1. The van der Waals surface area contributed by atoms with Gasteiger partial charge in [0, 0.05) is 18.4 Å². The highest BCUT2D eigenvalue weighted by Crippen LogP contribution is 2.28. The Hall–Kier alpha value is -5.41. The summed E-state index contributed by atoms with van der Waals surface area (Å²) < 4.78 is 1.46. The lowest BCUT2D eigenvalue weighted by atomic mass is 10.1. The zero-order valence-electron chi connectivity index (χ0n) is 22.8. The maximum atomic E-state index is 14.0. The summed E-state index contributed by atoms with van der Waals surface area (Å²) >= 11 is 6.45. The average molecular weight is 583 g/mol.